The standard InChI is InChI=1S/C11H11N3O3/c12-11-4-7(13-14-11)6-3-9-10(5-8(6)15)17-2-1-16-9/h3-5,15H,1-2H2,(H3,12,13,14). The molecule has 3 rings (SSSR count). The third-order valence-corrected chi connectivity index (χ3v) is 2.55. The van der Waals surface area contributed by atoms with Crippen molar-refractivity contribution in [2.75, 3.05) is 18.9 Å². The second-order valence-corrected chi connectivity index (χ2v) is 3.72. The predicted molar refractivity (Wildman–Crippen MR) is 61.1 cm³/mol. The van der Waals surface area contributed by atoms with Gasteiger partial charge in [0.1, 0.15) is 24.8 Å². The van der Waals surface area contributed by atoms with E-state index in [4.69, 9.17) is 15.2 Å². The molecule has 0 saturated heterocycles. The Morgan fingerprint density at radius 3 is 2.53 bits per heavy atom. The monoisotopic (exact) mass is 233 g/mol. The van der Waals surface area contributed by atoms with Crippen molar-refractivity contribution in [1.82, 2.24) is 10.2 Å². The molecule has 4 N–H and O–H groups in total. The number of aromatic amines is 1. The molecule has 17 heavy (non-hydrogen) atoms. The van der Waals surface area contributed by atoms with Crippen LogP contribution in [0.3, 0.4) is 0 Å². The molecule has 0 bridgehead atoms. The maximum absolute atomic E-state index is 9.91. The first-order valence-electron chi connectivity index (χ1n) is 5.18. The van der Waals surface area contributed by atoms with E-state index in [0.717, 1.165) is 0 Å². The number of phenols is 1. The minimum Gasteiger partial charge on any atom is -0.507 e. The second kappa shape index (κ2) is 3.58. The molecule has 2 aromatic rings. The van der Waals surface area contributed by atoms with Crippen LogP contribution < -0.4 is 15.2 Å². The van der Waals surface area contributed by atoms with Gasteiger partial charge in [-0.3, -0.25) is 5.10 Å². The molecule has 0 amide bonds. The van der Waals surface area contributed by atoms with Crippen molar-refractivity contribution in [3.8, 4) is 28.5 Å². The van der Waals surface area contributed by atoms with Crippen LogP contribution in [0.5, 0.6) is 17.2 Å². The van der Waals surface area contributed by atoms with E-state index < -0.39 is 0 Å². The Morgan fingerprint density at radius 1 is 1.18 bits per heavy atom. The number of hydrogen-bond acceptors (Lipinski definition) is 5. The lowest BCUT2D eigenvalue weighted by atomic mass is 10.1. The summed E-state index contributed by atoms with van der Waals surface area (Å²) in [5.74, 6) is 1.62. The lowest BCUT2D eigenvalue weighted by Gasteiger charge is -2.19. The van der Waals surface area contributed by atoms with Gasteiger partial charge in [0.2, 0.25) is 0 Å². The maximum atomic E-state index is 9.91. The summed E-state index contributed by atoms with van der Waals surface area (Å²) in [7, 11) is 0. The van der Waals surface area contributed by atoms with Crippen LogP contribution in [0.2, 0.25) is 0 Å². The highest BCUT2D eigenvalue weighted by Crippen LogP contribution is 2.40. The first-order valence-corrected chi connectivity index (χ1v) is 5.18. The Labute approximate surface area is 97.0 Å². The average Bonchev–Trinajstić information content (AvgIpc) is 2.75. The molecule has 88 valence electrons. The van der Waals surface area contributed by atoms with Crippen molar-refractivity contribution in [2.45, 2.75) is 0 Å². The number of ether oxygens (including phenoxy) is 2. The number of benzene rings is 1. The van der Waals surface area contributed by atoms with E-state index >= 15 is 0 Å². The lowest BCUT2D eigenvalue weighted by molar-refractivity contribution is 0.171. The van der Waals surface area contributed by atoms with E-state index in [1.54, 1.807) is 12.1 Å². The van der Waals surface area contributed by atoms with E-state index in [1.807, 2.05) is 0 Å². The smallest absolute Gasteiger partial charge is 0.165 e. The summed E-state index contributed by atoms with van der Waals surface area (Å²) in [5, 5.41) is 16.5. The van der Waals surface area contributed by atoms with Crippen molar-refractivity contribution in [3.05, 3.63) is 18.2 Å². The first kappa shape index (κ1) is 9.83. The highest BCUT2D eigenvalue weighted by atomic mass is 16.6. The number of hydrogen-bond donors (Lipinski definition) is 3. The third kappa shape index (κ3) is 1.63. The van der Waals surface area contributed by atoms with Crippen LogP contribution in [0.25, 0.3) is 11.3 Å². The molecule has 0 unspecified atom stereocenters. The molecule has 6 heteroatoms. The summed E-state index contributed by atoms with van der Waals surface area (Å²) >= 11 is 0. The average molecular weight is 233 g/mol. The predicted octanol–water partition coefficient (Wildman–Crippen LogP) is 1.14. The van der Waals surface area contributed by atoms with Gasteiger partial charge in [0.15, 0.2) is 11.5 Å². The summed E-state index contributed by atoms with van der Waals surface area (Å²) < 4.78 is 10.8. The minimum atomic E-state index is 0.0953. The van der Waals surface area contributed by atoms with Crippen LogP contribution in [0.4, 0.5) is 5.82 Å². The number of nitrogens with zero attached hydrogens (tertiary/aromatic N) is 1. The fourth-order valence-corrected chi connectivity index (χ4v) is 1.77. The van der Waals surface area contributed by atoms with Gasteiger partial charge in [0.25, 0.3) is 0 Å². The molecular formula is C11H11N3O3. The lowest BCUT2D eigenvalue weighted by Crippen LogP contribution is -2.15. The van der Waals surface area contributed by atoms with Gasteiger partial charge in [-0.1, -0.05) is 0 Å². The van der Waals surface area contributed by atoms with Crippen molar-refractivity contribution in [1.29, 1.82) is 0 Å². The van der Waals surface area contributed by atoms with Crippen LogP contribution in [0, 0.1) is 0 Å². The zero-order valence-electron chi connectivity index (χ0n) is 8.93. The van der Waals surface area contributed by atoms with Gasteiger partial charge in [-0.15, -0.1) is 0 Å². The Morgan fingerprint density at radius 2 is 1.88 bits per heavy atom. The van der Waals surface area contributed by atoms with Crippen molar-refractivity contribution in [3.63, 3.8) is 0 Å². The summed E-state index contributed by atoms with van der Waals surface area (Å²) in [6.07, 6.45) is 0. The number of H-pyrrole nitrogens is 1. The summed E-state index contributed by atoms with van der Waals surface area (Å²) in [5.41, 5.74) is 6.74. The van der Waals surface area contributed by atoms with Gasteiger partial charge in [-0.2, -0.15) is 5.10 Å². The summed E-state index contributed by atoms with van der Waals surface area (Å²) in [6.45, 7) is 0.991. The summed E-state index contributed by atoms with van der Waals surface area (Å²) in [4.78, 5) is 0. The fraction of sp³-hybridized carbons (Fsp3) is 0.182. The number of phenolic OH excluding ortho intramolecular Hbond substituents is 1. The van der Waals surface area contributed by atoms with Gasteiger partial charge >= 0.3 is 0 Å². The van der Waals surface area contributed by atoms with Crippen molar-refractivity contribution in [2.24, 2.45) is 0 Å². The van der Waals surface area contributed by atoms with Crippen LogP contribution in [-0.2, 0) is 0 Å². The Kier molecular flexibility index (Phi) is 2.07. The van der Waals surface area contributed by atoms with E-state index in [2.05, 4.69) is 10.2 Å². The number of aromatic nitrogens is 2. The van der Waals surface area contributed by atoms with Gasteiger partial charge in [0, 0.05) is 17.7 Å². The van der Waals surface area contributed by atoms with Gasteiger partial charge in [-0.25, -0.2) is 0 Å². The first-order chi connectivity index (χ1) is 8.24. The molecule has 0 fully saturated rings. The highest BCUT2D eigenvalue weighted by molar-refractivity contribution is 5.72. The van der Waals surface area contributed by atoms with E-state index in [-0.39, 0.29) is 5.75 Å². The molecular weight excluding hydrogens is 222 g/mol. The molecule has 2 heterocycles. The van der Waals surface area contributed by atoms with Crippen LogP contribution in [-0.4, -0.2) is 28.5 Å². The Hall–Kier alpha value is -2.37. The van der Waals surface area contributed by atoms with E-state index in [0.29, 0.717) is 41.8 Å². The Bertz CT molecular complexity index is 565. The number of nitrogens with one attached hydrogen (secondary N) is 1. The third-order valence-electron chi connectivity index (χ3n) is 2.55. The Balaban J connectivity index is 2.11. The minimum absolute atomic E-state index is 0.0953. The van der Waals surface area contributed by atoms with Crippen molar-refractivity contribution < 1.29 is 14.6 Å². The van der Waals surface area contributed by atoms with Gasteiger partial charge in [0.05, 0.1) is 5.69 Å². The zero-order chi connectivity index (χ0) is 11.8. The second-order valence-electron chi connectivity index (χ2n) is 3.72. The quantitative estimate of drug-likeness (QED) is 0.686. The zero-order valence-corrected chi connectivity index (χ0v) is 8.93. The number of anilines is 1. The molecule has 6 nitrogen and oxygen atoms in total. The molecule has 1 aliphatic rings. The molecule has 0 aliphatic carbocycles. The topological polar surface area (TPSA) is 93.4 Å². The number of rotatable bonds is 1. The number of aromatic hydroxyl groups is 1. The molecule has 0 radical (unpaired) electrons. The molecule has 0 saturated carbocycles. The summed E-state index contributed by atoms with van der Waals surface area (Å²) in [6, 6.07) is 4.88. The number of nitrogen functional groups attached to an aromatic ring is 1. The fourth-order valence-electron chi connectivity index (χ4n) is 1.77. The van der Waals surface area contributed by atoms with Crippen LogP contribution in [0.1, 0.15) is 0 Å². The van der Waals surface area contributed by atoms with Gasteiger partial charge < -0.3 is 20.3 Å². The molecule has 1 aliphatic heterocycles. The van der Waals surface area contributed by atoms with E-state index in [9.17, 15) is 5.11 Å². The normalized spacial score (nSPS) is 13.6. The van der Waals surface area contributed by atoms with E-state index in [1.165, 1.54) is 6.07 Å². The number of nitrogens with two attached hydrogens (primary N) is 1. The molecule has 1 aromatic heterocycles. The molecule has 0 atom stereocenters. The SMILES string of the molecule is Nc1cc(-c2cc3c(cc2O)OCCO3)[nH]n1. The largest absolute Gasteiger partial charge is 0.507 e. The van der Waals surface area contributed by atoms with Crippen molar-refractivity contribution >= 4 is 5.82 Å². The molecule has 1 aromatic carbocycles. The maximum Gasteiger partial charge on any atom is 0.165 e. The van der Waals surface area contributed by atoms with Crippen LogP contribution >= 0.6 is 0 Å². The highest BCUT2D eigenvalue weighted by Gasteiger charge is 2.17. The van der Waals surface area contributed by atoms with Gasteiger partial charge in [-0.05, 0) is 6.07 Å². The number of fused-ring (bicyclic) bond motifs is 1. The van der Waals surface area contributed by atoms with Crippen LogP contribution in [0.15, 0.2) is 18.2 Å². The molecule has 0 spiro atoms.